The van der Waals surface area contributed by atoms with Crippen molar-refractivity contribution in [3.63, 3.8) is 0 Å². The Morgan fingerprint density at radius 2 is 1.91 bits per heavy atom. The van der Waals surface area contributed by atoms with E-state index in [-0.39, 0.29) is 17.2 Å². The van der Waals surface area contributed by atoms with Gasteiger partial charge in [0.05, 0.1) is 30.3 Å². The molecule has 4 rings (SSSR count). The Bertz CT molecular complexity index is 1250. The summed E-state index contributed by atoms with van der Waals surface area (Å²) >= 11 is 1.29. The molecule has 1 aliphatic rings. The second-order valence-electron chi connectivity index (χ2n) is 8.36. The Morgan fingerprint density at radius 1 is 1.11 bits per heavy atom. The zero-order chi connectivity index (χ0) is 24.5. The van der Waals surface area contributed by atoms with Crippen molar-refractivity contribution in [3.05, 3.63) is 70.5 Å². The number of rotatable bonds is 11. The minimum absolute atomic E-state index is 0.0554. The van der Waals surface area contributed by atoms with Gasteiger partial charge in [-0.3, -0.25) is 14.2 Å². The van der Waals surface area contributed by atoms with Gasteiger partial charge in [0.1, 0.15) is 6.61 Å². The van der Waals surface area contributed by atoms with Crippen LogP contribution in [0.3, 0.4) is 0 Å². The largest absolute Gasteiger partial charge is 0.493 e. The fourth-order valence-corrected chi connectivity index (χ4v) is 4.97. The van der Waals surface area contributed by atoms with Gasteiger partial charge < -0.3 is 14.8 Å². The van der Waals surface area contributed by atoms with E-state index in [1.54, 1.807) is 11.7 Å². The Kier molecular flexibility index (Phi) is 8.84. The SMILES string of the molecule is COc1ccccc1OCCNC(=O)CSc1nc2ccccc2c(=O)n1CCC1=CCCCC1. The molecule has 0 radical (unpaired) electrons. The van der Waals surface area contributed by atoms with Crippen molar-refractivity contribution in [2.24, 2.45) is 0 Å². The van der Waals surface area contributed by atoms with Crippen molar-refractivity contribution < 1.29 is 14.3 Å². The number of ether oxygens (including phenoxy) is 2. The van der Waals surface area contributed by atoms with Crippen LogP contribution < -0.4 is 20.3 Å². The topological polar surface area (TPSA) is 82.5 Å². The predicted octanol–water partition coefficient (Wildman–Crippen LogP) is 4.58. The number of nitrogens with zero attached hydrogens (tertiary/aromatic N) is 2. The number of aromatic nitrogens is 2. The second-order valence-corrected chi connectivity index (χ2v) is 9.31. The van der Waals surface area contributed by atoms with Gasteiger partial charge in [0, 0.05) is 6.54 Å². The van der Waals surface area contributed by atoms with E-state index in [9.17, 15) is 9.59 Å². The van der Waals surface area contributed by atoms with E-state index in [0.717, 1.165) is 19.3 Å². The normalized spacial score (nSPS) is 13.3. The highest BCUT2D eigenvalue weighted by Gasteiger charge is 2.14. The number of hydrogen-bond donors (Lipinski definition) is 1. The van der Waals surface area contributed by atoms with Crippen LogP contribution in [0.1, 0.15) is 32.1 Å². The van der Waals surface area contributed by atoms with Crippen molar-refractivity contribution in [1.29, 1.82) is 0 Å². The lowest BCUT2D eigenvalue weighted by Crippen LogP contribution is -2.30. The Labute approximate surface area is 209 Å². The molecule has 1 N–H and O–H groups in total. The monoisotopic (exact) mass is 493 g/mol. The number of allylic oxidation sites excluding steroid dienone is 2. The average molecular weight is 494 g/mol. The third kappa shape index (κ3) is 6.66. The molecule has 0 bridgehead atoms. The van der Waals surface area contributed by atoms with Crippen LogP contribution in [0, 0.1) is 0 Å². The molecule has 1 amide bonds. The Hall–Kier alpha value is -3.26. The molecule has 1 heterocycles. The van der Waals surface area contributed by atoms with E-state index < -0.39 is 0 Å². The molecule has 2 aromatic carbocycles. The lowest BCUT2D eigenvalue weighted by Gasteiger charge is -2.16. The van der Waals surface area contributed by atoms with Crippen LogP contribution in [0.25, 0.3) is 10.9 Å². The van der Waals surface area contributed by atoms with Crippen LogP contribution in [0.2, 0.25) is 0 Å². The van der Waals surface area contributed by atoms with Crippen molar-refractivity contribution in [2.75, 3.05) is 26.0 Å². The van der Waals surface area contributed by atoms with Crippen LogP contribution >= 0.6 is 11.8 Å². The summed E-state index contributed by atoms with van der Waals surface area (Å²) in [5, 5.41) is 4.04. The van der Waals surface area contributed by atoms with Crippen molar-refractivity contribution in [3.8, 4) is 11.5 Å². The van der Waals surface area contributed by atoms with Gasteiger partial charge in [-0.15, -0.1) is 0 Å². The second kappa shape index (κ2) is 12.4. The lowest BCUT2D eigenvalue weighted by atomic mass is 9.97. The molecule has 3 aromatic rings. The maximum atomic E-state index is 13.2. The minimum Gasteiger partial charge on any atom is -0.493 e. The van der Waals surface area contributed by atoms with Gasteiger partial charge in [0.25, 0.3) is 5.56 Å². The van der Waals surface area contributed by atoms with Gasteiger partial charge in [-0.05, 0) is 56.4 Å². The van der Waals surface area contributed by atoms with Crippen LogP contribution in [0.15, 0.2) is 70.1 Å². The third-order valence-electron chi connectivity index (χ3n) is 5.95. The number of carbonyl (C=O) groups excluding carboxylic acids is 1. The van der Waals surface area contributed by atoms with E-state index in [1.165, 1.54) is 30.2 Å². The number of fused-ring (bicyclic) bond motifs is 1. The van der Waals surface area contributed by atoms with Gasteiger partial charge >= 0.3 is 0 Å². The number of hydrogen-bond acceptors (Lipinski definition) is 6. The standard InChI is InChI=1S/C27H31N3O4S/c1-33-23-13-7-8-14-24(23)34-18-16-28-25(31)19-35-27-29-22-12-6-5-11-21(22)26(32)30(27)17-15-20-9-3-2-4-10-20/h5-9,11-14H,2-4,10,15-19H2,1H3,(H,28,31). The van der Waals surface area contributed by atoms with Gasteiger partial charge in [0.15, 0.2) is 16.7 Å². The zero-order valence-corrected chi connectivity index (χ0v) is 20.8. The maximum absolute atomic E-state index is 13.2. The van der Waals surface area contributed by atoms with Crippen LogP contribution in [-0.2, 0) is 11.3 Å². The first-order chi connectivity index (χ1) is 17.2. The number of thioether (sulfide) groups is 1. The molecule has 1 aliphatic carbocycles. The number of amides is 1. The zero-order valence-electron chi connectivity index (χ0n) is 20.0. The molecule has 8 heteroatoms. The summed E-state index contributed by atoms with van der Waals surface area (Å²) in [6, 6.07) is 14.8. The Morgan fingerprint density at radius 3 is 2.71 bits per heavy atom. The molecule has 35 heavy (non-hydrogen) atoms. The van der Waals surface area contributed by atoms with E-state index in [1.807, 2.05) is 48.5 Å². The molecule has 0 aliphatic heterocycles. The quantitative estimate of drug-likeness (QED) is 0.182. The van der Waals surface area contributed by atoms with Gasteiger partial charge in [-0.1, -0.05) is 47.7 Å². The van der Waals surface area contributed by atoms with Gasteiger partial charge in [-0.2, -0.15) is 0 Å². The first kappa shape index (κ1) is 24.9. The van der Waals surface area contributed by atoms with Crippen LogP contribution in [0.5, 0.6) is 11.5 Å². The van der Waals surface area contributed by atoms with Crippen molar-refractivity contribution >= 4 is 28.6 Å². The molecular formula is C27H31N3O4S. The number of carbonyl (C=O) groups is 1. The molecule has 0 fully saturated rings. The first-order valence-electron chi connectivity index (χ1n) is 12.0. The van der Waals surface area contributed by atoms with E-state index >= 15 is 0 Å². The van der Waals surface area contributed by atoms with Crippen LogP contribution in [-0.4, -0.2) is 41.5 Å². The van der Waals surface area contributed by atoms with Gasteiger partial charge in [-0.25, -0.2) is 4.98 Å². The molecule has 0 atom stereocenters. The summed E-state index contributed by atoms with van der Waals surface area (Å²) < 4.78 is 12.7. The average Bonchev–Trinajstić information content (AvgIpc) is 2.90. The number of nitrogens with one attached hydrogen (secondary N) is 1. The Balaban J connectivity index is 1.36. The smallest absolute Gasteiger partial charge is 0.262 e. The fourth-order valence-electron chi connectivity index (χ4n) is 4.11. The summed E-state index contributed by atoms with van der Waals surface area (Å²) in [5.74, 6) is 1.32. The maximum Gasteiger partial charge on any atom is 0.262 e. The molecule has 184 valence electrons. The highest BCUT2D eigenvalue weighted by molar-refractivity contribution is 7.99. The fraction of sp³-hybridized carbons (Fsp3) is 0.370. The van der Waals surface area contributed by atoms with E-state index in [0.29, 0.717) is 47.3 Å². The molecule has 7 nitrogen and oxygen atoms in total. The summed E-state index contributed by atoms with van der Waals surface area (Å²) in [6.45, 7) is 1.26. The number of para-hydroxylation sites is 3. The van der Waals surface area contributed by atoms with Crippen molar-refractivity contribution in [1.82, 2.24) is 14.9 Å². The predicted molar refractivity (Wildman–Crippen MR) is 139 cm³/mol. The lowest BCUT2D eigenvalue weighted by molar-refractivity contribution is -0.118. The molecule has 0 saturated heterocycles. The number of methoxy groups -OCH3 is 1. The summed E-state index contributed by atoms with van der Waals surface area (Å²) in [5.41, 5.74) is 2.00. The third-order valence-corrected chi connectivity index (χ3v) is 6.93. The summed E-state index contributed by atoms with van der Waals surface area (Å²) in [6.07, 6.45) is 7.79. The van der Waals surface area contributed by atoms with Crippen molar-refractivity contribution in [2.45, 2.75) is 43.8 Å². The van der Waals surface area contributed by atoms with Crippen LogP contribution in [0.4, 0.5) is 0 Å². The first-order valence-corrected chi connectivity index (χ1v) is 13.0. The number of benzene rings is 2. The van der Waals surface area contributed by atoms with E-state index in [2.05, 4.69) is 11.4 Å². The molecular weight excluding hydrogens is 462 g/mol. The molecule has 0 saturated carbocycles. The molecule has 0 unspecified atom stereocenters. The highest BCUT2D eigenvalue weighted by atomic mass is 32.2. The minimum atomic E-state index is -0.137. The summed E-state index contributed by atoms with van der Waals surface area (Å²) in [7, 11) is 1.59. The molecule has 0 spiro atoms. The van der Waals surface area contributed by atoms with Gasteiger partial charge in [0.2, 0.25) is 5.91 Å². The summed E-state index contributed by atoms with van der Waals surface area (Å²) in [4.78, 5) is 30.4. The highest BCUT2D eigenvalue weighted by Crippen LogP contribution is 2.25. The van der Waals surface area contributed by atoms with E-state index in [4.69, 9.17) is 14.5 Å². The molecule has 1 aromatic heterocycles.